The zero-order valence-corrected chi connectivity index (χ0v) is 45.5. The zero-order valence-electron chi connectivity index (χ0n) is 45.5. The minimum absolute atomic E-state index is 0.0651. The van der Waals surface area contributed by atoms with Gasteiger partial charge in [0.25, 0.3) is 0 Å². The summed E-state index contributed by atoms with van der Waals surface area (Å²) in [7, 11) is 0. The Morgan fingerprint density at radius 2 is 0.493 bits per heavy atom. The van der Waals surface area contributed by atoms with E-state index in [1.807, 2.05) is 0 Å². The van der Waals surface area contributed by atoms with Gasteiger partial charge in [0.05, 0.1) is 0 Å². The lowest BCUT2D eigenvalue weighted by Crippen LogP contribution is -2.30. The van der Waals surface area contributed by atoms with Gasteiger partial charge in [-0.25, -0.2) is 0 Å². The minimum atomic E-state index is -0.765. The summed E-state index contributed by atoms with van der Waals surface area (Å²) in [5.74, 6) is -0.847. The molecule has 0 aromatic rings. The third kappa shape index (κ3) is 55.0. The van der Waals surface area contributed by atoms with Crippen LogP contribution in [0, 0.1) is 0 Å². The number of hydrogen-bond donors (Lipinski definition) is 0. The third-order valence-electron chi connectivity index (χ3n) is 13.8. The second-order valence-corrected chi connectivity index (χ2v) is 20.6. The molecule has 0 N–H and O–H groups in total. The van der Waals surface area contributed by atoms with Gasteiger partial charge in [-0.3, -0.25) is 14.4 Å². The Bertz CT molecular complexity index is 1040. The normalized spacial score (nSPS) is 12.0. The predicted molar refractivity (Wildman–Crippen MR) is 289 cm³/mol. The van der Waals surface area contributed by atoms with E-state index in [2.05, 4.69) is 32.9 Å². The number of esters is 3. The number of ether oxygens (including phenoxy) is 3. The molecule has 1 atom stereocenters. The van der Waals surface area contributed by atoms with Gasteiger partial charge in [-0.2, -0.15) is 0 Å². The topological polar surface area (TPSA) is 78.9 Å². The molecule has 6 heteroatoms. The number of carbonyl (C=O) groups excluding carboxylic acids is 3. The number of carbonyl (C=O) groups is 3. The summed E-state index contributed by atoms with van der Waals surface area (Å²) in [6.07, 6.45) is 65.1. The Morgan fingerprint density at radius 1 is 0.284 bits per heavy atom. The molecule has 0 aromatic heterocycles. The Hall–Kier alpha value is -1.85. The summed E-state index contributed by atoms with van der Waals surface area (Å²) in [5, 5.41) is 0. The standard InChI is InChI=1S/C61H116O6/c1-4-7-10-13-16-19-21-23-25-27-29-30-31-33-34-36-38-40-42-45-48-51-54-60(63)66-57-58(56-65-59(62)53-50-47-44-18-15-12-9-6-3)67-61(64)55-52-49-46-43-41-39-37-35-32-28-26-24-22-20-17-14-11-8-5-2/h24,26,58H,4-23,25,27-57H2,1-3H3/b26-24-. The molecular formula is C61H116O6. The van der Waals surface area contributed by atoms with Crippen LogP contribution in [0.1, 0.15) is 342 Å². The lowest BCUT2D eigenvalue weighted by atomic mass is 10.0. The van der Waals surface area contributed by atoms with Crippen molar-refractivity contribution in [3.63, 3.8) is 0 Å². The average Bonchev–Trinajstić information content (AvgIpc) is 3.33. The van der Waals surface area contributed by atoms with Gasteiger partial charge in [0.15, 0.2) is 6.10 Å². The van der Waals surface area contributed by atoms with Crippen molar-refractivity contribution < 1.29 is 28.6 Å². The van der Waals surface area contributed by atoms with Gasteiger partial charge in [-0.1, -0.05) is 290 Å². The lowest BCUT2D eigenvalue weighted by Gasteiger charge is -2.18. The molecule has 0 aromatic carbocycles. The first kappa shape index (κ1) is 65.1. The van der Waals surface area contributed by atoms with Crippen molar-refractivity contribution in [3.05, 3.63) is 12.2 Å². The predicted octanol–water partition coefficient (Wildman–Crippen LogP) is 20.1. The van der Waals surface area contributed by atoms with Crippen LogP contribution in [0.15, 0.2) is 12.2 Å². The van der Waals surface area contributed by atoms with Gasteiger partial charge in [0, 0.05) is 19.3 Å². The molecule has 0 bridgehead atoms. The highest BCUT2D eigenvalue weighted by Crippen LogP contribution is 2.18. The summed E-state index contributed by atoms with van der Waals surface area (Å²) in [4.78, 5) is 38.0. The van der Waals surface area contributed by atoms with E-state index in [1.165, 1.54) is 244 Å². The first-order chi connectivity index (χ1) is 33.0. The van der Waals surface area contributed by atoms with Crippen LogP contribution >= 0.6 is 0 Å². The average molecular weight is 946 g/mol. The molecule has 0 saturated heterocycles. The number of allylic oxidation sites excluding steroid dienone is 2. The van der Waals surface area contributed by atoms with Crippen LogP contribution in [0.25, 0.3) is 0 Å². The van der Waals surface area contributed by atoms with E-state index in [-0.39, 0.29) is 31.1 Å². The van der Waals surface area contributed by atoms with Crippen LogP contribution in [0.4, 0.5) is 0 Å². The molecule has 0 spiro atoms. The van der Waals surface area contributed by atoms with Crippen LogP contribution in [0.2, 0.25) is 0 Å². The summed E-state index contributed by atoms with van der Waals surface area (Å²) >= 11 is 0. The van der Waals surface area contributed by atoms with E-state index >= 15 is 0 Å². The molecule has 0 heterocycles. The number of hydrogen-bond acceptors (Lipinski definition) is 6. The summed E-state index contributed by atoms with van der Waals surface area (Å²) in [6.45, 7) is 6.67. The van der Waals surface area contributed by atoms with Crippen molar-refractivity contribution in [2.24, 2.45) is 0 Å². The maximum absolute atomic E-state index is 12.8. The van der Waals surface area contributed by atoms with E-state index in [4.69, 9.17) is 14.2 Å². The molecule has 0 saturated carbocycles. The van der Waals surface area contributed by atoms with Crippen molar-refractivity contribution in [3.8, 4) is 0 Å². The van der Waals surface area contributed by atoms with Crippen LogP contribution in [-0.2, 0) is 28.6 Å². The summed E-state index contributed by atoms with van der Waals surface area (Å²) < 4.78 is 16.8. The minimum Gasteiger partial charge on any atom is -0.462 e. The highest BCUT2D eigenvalue weighted by atomic mass is 16.6. The number of rotatable bonds is 56. The Morgan fingerprint density at radius 3 is 0.746 bits per heavy atom. The SMILES string of the molecule is CCCCCCCC/C=C\CCCCCCCCCCCC(=O)OC(COC(=O)CCCCCCCCCC)COC(=O)CCCCCCCCCCCCCCCCCCCCCCCC. The maximum Gasteiger partial charge on any atom is 0.306 e. The van der Waals surface area contributed by atoms with Gasteiger partial charge in [-0.05, 0) is 44.9 Å². The van der Waals surface area contributed by atoms with E-state index < -0.39 is 6.10 Å². The molecule has 0 rings (SSSR count). The molecule has 0 amide bonds. The lowest BCUT2D eigenvalue weighted by molar-refractivity contribution is -0.167. The number of unbranched alkanes of at least 4 members (excludes halogenated alkanes) is 43. The summed E-state index contributed by atoms with van der Waals surface area (Å²) in [6, 6.07) is 0. The molecule has 6 nitrogen and oxygen atoms in total. The molecule has 0 radical (unpaired) electrons. The van der Waals surface area contributed by atoms with Crippen molar-refractivity contribution in [1.82, 2.24) is 0 Å². The van der Waals surface area contributed by atoms with Crippen LogP contribution in [0.3, 0.4) is 0 Å². The molecule has 0 fully saturated rings. The maximum atomic E-state index is 12.8. The quantitative estimate of drug-likeness (QED) is 0.0262. The smallest absolute Gasteiger partial charge is 0.306 e. The summed E-state index contributed by atoms with van der Waals surface area (Å²) in [5.41, 5.74) is 0. The van der Waals surface area contributed by atoms with Gasteiger partial charge in [-0.15, -0.1) is 0 Å². The molecule has 0 aliphatic heterocycles. The van der Waals surface area contributed by atoms with Gasteiger partial charge < -0.3 is 14.2 Å². The first-order valence-electron chi connectivity index (χ1n) is 30.2. The third-order valence-corrected chi connectivity index (χ3v) is 13.8. The zero-order chi connectivity index (χ0) is 48.6. The van der Waals surface area contributed by atoms with Crippen LogP contribution in [0.5, 0.6) is 0 Å². The molecular weight excluding hydrogens is 829 g/mol. The fourth-order valence-corrected chi connectivity index (χ4v) is 9.21. The largest absolute Gasteiger partial charge is 0.462 e. The van der Waals surface area contributed by atoms with E-state index in [1.54, 1.807) is 0 Å². The van der Waals surface area contributed by atoms with Crippen LogP contribution < -0.4 is 0 Å². The van der Waals surface area contributed by atoms with Gasteiger partial charge >= 0.3 is 17.9 Å². The molecule has 1 unspecified atom stereocenters. The van der Waals surface area contributed by atoms with Crippen molar-refractivity contribution in [2.75, 3.05) is 13.2 Å². The van der Waals surface area contributed by atoms with Gasteiger partial charge in [0.1, 0.15) is 13.2 Å². The molecule has 0 aliphatic carbocycles. The van der Waals surface area contributed by atoms with E-state index in [9.17, 15) is 14.4 Å². The van der Waals surface area contributed by atoms with Crippen molar-refractivity contribution in [2.45, 2.75) is 348 Å². The highest BCUT2D eigenvalue weighted by molar-refractivity contribution is 5.71. The second kappa shape index (κ2) is 56.7. The Labute approximate surface area is 418 Å². The molecule has 396 valence electrons. The Balaban J connectivity index is 4.14. The first-order valence-corrected chi connectivity index (χ1v) is 30.2. The van der Waals surface area contributed by atoms with Gasteiger partial charge in [0.2, 0.25) is 0 Å². The Kier molecular flexibility index (Phi) is 55.2. The second-order valence-electron chi connectivity index (χ2n) is 20.6. The molecule has 67 heavy (non-hydrogen) atoms. The monoisotopic (exact) mass is 945 g/mol. The fraction of sp³-hybridized carbons (Fsp3) is 0.918. The van der Waals surface area contributed by atoms with Crippen molar-refractivity contribution in [1.29, 1.82) is 0 Å². The fourth-order valence-electron chi connectivity index (χ4n) is 9.21. The molecule has 0 aliphatic rings. The van der Waals surface area contributed by atoms with Crippen LogP contribution in [-0.4, -0.2) is 37.2 Å². The van der Waals surface area contributed by atoms with E-state index in [0.717, 1.165) is 57.8 Å². The van der Waals surface area contributed by atoms with Crippen molar-refractivity contribution >= 4 is 17.9 Å². The van der Waals surface area contributed by atoms with E-state index in [0.29, 0.717) is 19.3 Å². The highest BCUT2D eigenvalue weighted by Gasteiger charge is 2.19.